The molecule has 2 saturated carbocycles. The van der Waals surface area contributed by atoms with Crippen molar-refractivity contribution in [1.29, 1.82) is 0 Å². The van der Waals surface area contributed by atoms with E-state index in [1.807, 2.05) is 4.90 Å². The molecule has 10 heteroatoms. The van der Waals surface area contributed by atoms with Crippen LogP contribution in [0.1, 0.15) is 36.2 Å². The van der Waals surface area contributed by atoms with Gasteiger partial charge in [-0.1, -0.05) is 0 Å². The number of sulfonamides is 1. The number of carboxylic acids is 1. The zero-order valence-electron chi connectivity index (χ0n) is 14.4. The first-order chi connectivity index (χ1) is 12.3. The van der Waals surface area contributed by atoms with Crippen LogP contribution in [0, 0.1) is 5.92 Å². The Balaban J connectivity index is 1.55. The molecule has 1 aromatic heterocycles. The third-order valence-corrected chi connectivity index (χ3v) is 6.10. The van der Waals surface area contributed by atoms with E-state index in [4.69, 9.17) is 9.52 Å². The highest BCUT2D eigenvalue weighted by atomic mass is 32.2. The standard InChI is InChI=1S/C16H22N2O7S/c1-24-16(21)13-4-5-15(25-13)26(22,23)17-11-6-12(7-11)18(9-14(19)20)8-10-2-3-10/h4-5,10-12,17H,2-3,6-9H2,1H3,(H,19,20). The molecule has 0 aliphatic heterocycles. The van der Waals surface area contributed by atoms with E-state index >= 15 is 0 Å². The number of carboxylic acid groups (broad SMARTS) is 1. The van der Waals surface area contributed by atoms with E-state index < -0.39 is 22.0 Å². The predicted molar refractivity (Wildman–Crippen MR) is 89.1 cm³/mol. The van der Waals surface area contributed by atoms with Crippen LogP contribution < -0.4 is 4.72 Å². The number of ether oxygens (including phenoxy) is 1. The van der Waals surface area contributed by atoms with Crippen molar-refractivity contribution in [3.05, 3.63) is 17.9 Å². The molecule has 0 aromatic carbocycles. The first-order valence-corrected chi connectivity index (χ1v) is 9.93. The Morgan fingerprint density at radius 3 is 2.62 bits per heavy atom. The number of rotatable bonds is 9. The number of carbonyl (C=O) groups is 2. The highest BCUT2D eigenvalue weighted by Crippen LogP contribution is 2.34. The molecule has 1 aromatic rings. The maximum absolute atomic E-state index is 12.3. The lowest BCUT2D eigenvalue weighted by Crippen LogP contribution is -2.55. The lowest BCUT2D eigenvalue weighted by atomic mass is 9.86. The zero-order chi connectivity index (χ0) is 18.9. The van der Waals surface area contributed by atoms with Crippen LogP contribution in [0.25, 0.3) is 0 Å². The minimum absolute atomic E-state index is 0.0265. The number of nitrogens with zero attached hydrogens (tertiary/aromatic N) is 1. The Morgan fingerprint density at radius 1 is 1.35 bits per heavy atom. The fraction of sp³-hybridized carbons (Fsp3) is 0.625. The van der Waals surface area contributed by atoms with E-state index in [1.165, 1.54) is 19.2 Å². The van der Waals surface area contributed by atoms with Gasteiger partial charge in [-0.25, -0.2) is 17.9 Å². The molecule has 26 heavy (non-hydrogen) atoms. The summed E-state index contributed by atoms with van der Waals surface area (Å²) in [5.74, 6) is -1.25. The summed E-state index contributed by atoms with van der Waals surface area (Å²) in [5, 5.41) is 8.71. The second kappa shape index (κ2) is 7.37. The normalized spacial score (nSPS) is 22.8. The van der Waals surface area contributed by atoms with Gasteiger partial charge in [-0.2, -0.15) is 0 Å². The molecule has 9 nitrogen and oxygen atoms in total. The van der Waals surface area contributed by atoms with Crippen LogP contribution in [0.2, 0.25) is 0 Å². The summed E-state index contributed by atoms with van der Waals surface area (Å²) in [6.07, 6.45) is 3.34. The van der Waals surface area contributed by atoms with Gasteiger partial charge in [0, 0.05) is 18.6 Å². The number of hydrogen-bond donors (Lipinski definition) is 2. The van der Waals surface area contributed by atoms with E-state index in [9.17, 15) is 18.0 Å². The number of methoxy groups -OCH3 is 1. The van der Waals surface area contributed by atoms with Gasteiger partial charge in [0.2, 0.25) is 10.9 Å². The number of carbonyl (C=O) groups excluding carboxylic acids is 1. The zero-order valence-corrected chi connectivity index (χ0v) is 15.2. The minimum Gasteiger partial charge on any atom is -0.480 e. The van der Waals surface area contributed by atoms with Crippen molar-refractivity contribution in [2.24, 2.45) is 5.92 Å². The van der Waals surface area contributed by atoms with Crippen molar-refractivity contribution >= 4 is 22.0 Å². The van der Waals surface area contributed by atoms with Gasteiger partial charge in [-0.3, -0.25) is 9.69 Å². The molecular weight excluding hydrogens is 364 g/mol. The van der Waals surface area contributed by atoms with E-state index in [1.54, 1.807) is 0 Å². The van der Waals surface area contributed by atoms with Crippen LogP contribution in [0.5, 0.6) is 0 Å². The van der Waals surface area contributed by atoms with Crippen LogP contribution in [-0.2, 0) is 19.6 Å². The van der Waals surface area contributed by atoms with Crippen LogP contribution in [0.3, 0.4) is 0 Å². The van der Waals surface area contributed by atoms with Gasteiger partial charge in [-0.05, 0) is 43.7 Å². The Morgan fingerprint density at radius 2 is 2.04 bits per heavy atom. The number of aliphatic carboxylic acids is 1. The molecule has 0 radical (unpaired) electrons. The van der Waals surface area contributed by atoms with Gasteiger partial charge in [0.15, 0.2) is 0 Å². The summed E-state index contributed by atoms with van der Waals surface area (Å²) in [5.41, 5.74) is 0. The monoisotopic (exact) mass is 386 g/mol. The molecule has 0 amide bonds. The maximum Gasteiger partial charge on any atom is 0.374 e. The molecule has 2 fully saturated rings. The Bertz CT molecular complexity index is 778. The molecule has 2 aliphatic rings. The topological polar surface area (TPSA) is 126 Å². The van der Waals surface area contributed by atoms with Crippen LogP contribution in [0.15, 0.2) is 21.6 Å². The second-order valence-electron chi connectivity index (χ2n) is 6.82. The number of nitrogens with one attached hydrogen (secondary N) is 1. The molecule has 0 bridgehead atoms. The quantitative estimate of drug-likeness (QED) is 0.593. The smallest absolute Gasteiger partial charge is 0.374 e. The van der Waals surface area contributed by atoms with Gasteiger partial charge in [0.1, 0.15) is 0 Å². The van der Waals surface area contributed by atoms with Crippen molar-refractivity contribution in [3.8, 4) is 0 Å². The average molecular weight is 386 g/mol. The molecule has 0 atom stereocenters. The van der Waals surface area contributed by atoms with Gasteiger partial charge in [0.05, 0.1) is 13.7 Å². The highest BCUT2D eigenvalue weighted by Gasteiger charge is 2.39. The maximum atomic E-state index is 12.3. The minimum atomic E-state index is -3.88. The molecule has 144 valence electrons. The average Bonchev–Trinajstić information content (AvgIpc) is 3.20. The number of esters is 1. The van der Waals surface area contributed by atoms with Gasteiger partial charge >= 0.3 is 11.9 Å². The molecular formula is C16H22N2O7S. The molecule has 0 spiro atoms. The van der Waals surface area contributed by atoms with E-state index in [-0.39, 0.29) is 29.5 Å². The lowest BCUT2D eigenvalue weighted by molar-refractivity contribution is -0.139. The largest absolute Gasteiger partial charge is 0.480 e. The summed E-state index contributed by atoms with van der Waals surface area (Å²) in [7, 11) is -2.71. The van der Waals surface area contributed by atoms with Crippen molar-refractivity contribution in [3.63, 3.8) is 0 Å². The van der Waals surface area contributed by atoms with Crippen LogP contribution >= 0.6 is 0 Å². The van der Waals surface area contributed by atoms with Gasteiger partial charge in [-0.15, -0.1) is 0 Å². The molecule has 2 aliphatic carbocycles. The van der Waals surface area contributed by atoms with Crippen LogP contribution in [0.4, 0.5) is 0 Å². The van der Waals surface area contributed by atoms with Crippen molar-refractivity contribution in [1.82, 2.24) is 9.62 Å². The number of hydrogen-bond acceptors (Lipinski definition) is 7. The molecule has 1 heterocycles. The Kier molecular flexibility index (Phi) is 5.35. The van der Waals surface area contributed by atoms with Crippen LogP contribution in [-0.4, -0.2) is 62.6 Å². The predicted octanol–water partition coefficient (Wildman–Crippen LogP) is 0.672. The third kappa shape index (κ3) is 4.43. The van der Waals surface area contributed by atoms with Gasteiger partial charge in [0.25, 0.3) is 10.0 Å². The molecule has 2 N–H and O–H groups in total. The van der Waals surface area contributed by atoms with Crippen molar-refractivity contribution < 1.29 is 32.3 Å². The van der Waals surface area contributed by atoms with Crippen molar-refractivity contribution in [2.75, 3.05) is 20.2 Å². The third-order valence-electron chi connectivity index (χ3n) is 4.71. The highest BCUT2D eigenvalue weighted by molar-refractivity contribution is 7.89. The SMILES string of the molecule is COC(=O)c1ccc(S(=O)(=O)NC2CC(N(CC(=O)O)CC3CC3)C2)o1. The fourth-order valence-corrected chi connectivity index (χ4v) is 4.28. The summed E-state index contributed by atoms with van der Waals surface area (Å²) in [6, 6.07) is 2.22. The molecule has 3 rings (SSSR count). The summed E-state index contributed by atoms with van der Waals surface area (Å²) < 4.78 is 36.7. The summed E-state index contributed by atoms with van der Waals surface area (Å²) >= 11 is 0. The molecule has 0 saturated heterocycles. The van der Waals surface area contributed by atoms with E-state index in [0.717, 1.165) is 19.4 Å². The molecule has 0 unspecified atom stereocenters. The summed E-state index contributed by atoms with van der Waals surface area (Å²) in [6.45, 7) is 0.721. The fourth-order valence-electron chi connectivity index (χ4n) is 3.08. The first-order valence-electron chi connectivity index (χ1n) is 8.45. The summed E-state index contributed by atoms with van der Waals surface area (Å²) in [4.78, 5) is 24.3. The Hall–Kier alpha value is -1.91. The number of furan rings is 1. The lowest BCUT2D eigenvalue weighted by Gasteiger charge is -2.42. The van der Waals surface area contributed by atoms with Crippen molar-refractivity contribution in [2.45, 2.75) is 42.9 Å². The second-order valence-corrected chi connectivity index (χ2v) is 8.47. The first kappa shape index (κ1) is 18.9. The van der Waals surface area contributed by atoms with Gasteiger partial charge < -0.3 is 14.3 Å². The van der Waals surface area contributed by atoms with E-state index in [0.29, 0.717) is 18.8 Å². The van der Waals surface area contributed by atoms with E-state index in [2.05, 4.69) is 9.46 Å². The Labute approximate surface area is 151 Å².